The highest BCUT2D eigenvalue weighted by atomic mass is 35.5. The lowest BCUT2D eigenvalue weighted by atomic mass is 10.0. The van der Waals surface area contributed by atoms with Crippen molar-refractivity contribution in [3.63, 3.8) is 0 Å². The Hall–Kier alpha value is -3.40. The van der Waals surface area contributed by atoms with E-state index < -0.39 is 34.2 Å². The van der Waals surface area contributed by atoms with Gasteiger partial charge in [-0.3, -0.25) is 9.59 Å². The summed E-state index contributed by atoms with van der Waals surface area (Å²) in [6.45, 7) is 8.88. The van der Waals surface area contributed by atoms with Gasteiger partial charge in [-0.05, 0) is 75.1 Å². The van der Waals surface area contributed by atoms with Crippen molar-refractivity contribution in [2.45, 2.75) is 59.2 Å². The number of carbonyl (C=O) groups excluding carboxylic acids is 2. The van der Waals surface area contributed by atoms with Crippen LogP contribution in [0, 0.1) is 13.8 Å². The standard InChI is InChI=1S/C32H41ClN4O4S/c1-23-13-14-24(2)28(19-23)37(42(40,41)35(6)7)22-30(38)36(21-26-15-17-27(33)18-16-26)29(31(39)34-32(3,4)5)20-25-11-9-8-10-12-25/h8-19,29H,20-22H2,1-7H3,(H,34,39)/t29-/m0/s1. The third-order valence-electron chi connectivity index (χ3n) is 6.69. The second kappa shape index (κ2) is 13.7. The van der Waals surface area contributed by atoms with Gasteiger partial charge < -0.3 is 10.2 Å². The number of anilines is 1. The molecular weight excluding hydrogens is 572 g/mol. The van der Waals surface area contributed by atoms with Crippen molar-refractivity contribution in [1.29, 1.82) is 0 Å². The SMILES string of the molecule is Cc1ccc(C)c(N(CC(=O)N(Cc2ccc(Cl)cc2)[C@@H](Cc2ccccc2)C(=O)NC(C)(C)C)S(=O)(=O)N(C)C)c1. The molecular formula is C32H41ClN4O4S. The van der Waals surface area contributed by atoms with Gasteiger partial charge in [0.15, 0.2) is 0 Å². The van der Waals surface area contributed by atoms with Gasteiger partial charge in [0, 0.05) is 37.6 Å². The first-order valence-electron chi connectivity index (χ1n) is 13.8. The molecule has 10 heteroatoms. The van der Waals surface area contributed by atoms with E-state index in [4.69, 9.17) is 11.6 Å². The summed E-state index contributed by atoms with van der Waals surface area (Å²) >= 11 is 6.13. The number of amides is 2. The molecule has 0 saturated carbocycles. The molecule has 0 bridgehead atoms. The lowest BCUT2D eigenvalue weighted by molar-refractivity contribution is -0.140. The van der Waals surface area contributed by atoms with Crippen LogP contribution in [-0.2, 0) is 32.8 Å². The van der Waals surface area contributed by atoms with Crippen molar-refractivity contribution >= 4 is 39.3 Å². The average molecular weight is 613 g/mol. The Morgan fingerprint density at radius 1 is 0.905 bits per heavy atom. The van der Waals surface area contributed by atoms with E-state index in [0.29, 0.717) is 16.3 Å². The molecule has 3 rings (SSSR count). The maximum Gasteiger partial charge on any atom is 0.304 e. The number of hydrogen-bond donors (Lipinski definition) is 1. The Morgan fingerprint density at radius 2 is 1.52 bits per heavy atom. The molecule has 0 spiro atoms. The van der Waals surface area contributed by atoms with Gasteiger partial charge in [0.25, 0.3) is 0 Å². The Morgan fingerprint density at radius 3 is 2.10 bits per heavy atom. The summed E-state index contributed by atoms with van der Waals surface area (Å²) in [6.07, 6.45) is 0.242. The highest BCUT2D eigenvalue weighted by Crippen LogP contribution is 2.26. The molecule has 0 aliphatic carbocycles. The lowest BCUT2D eigenvalue weighted by Crippen LogP contribution is -2.56. The van der Waals surface area contributed by atoms with Crippen LogP contribution in [0.1, 0.15) is 43.0 Å². The predicted molar refractivity (Wildman–Crippen MR) is 170 cm³/mol. The zero-order valence-corrected chi connectivity index (χ0v) is 27.0. The van der Waals surface area contributed by atoms with Crippen LogP contribution >= 0.6 is 11.6 Å². The third-order valence-corrected chi connectivity index (χ3v) is 8.75. The number of nitrogens with one attached hydrogen (secondary N) is 1. The van der Waals surface area contributed by atoms with Crippen molar-refractivity contribution in [1.82, 2.24) is 14.5 Å². The highest BCUT2D eigenvalue weighted by Gasteiger charge is 2.36. The van der Waals surface area contributed by atoms with Gasteiger partial charge >= 0.3 is 10.2 Å². The highest BCUT2D eigenvalue weighted by molar-refractivity contribution is 7.90. The largest absolute Gasteiger partial charge is 0.350 e. The molecule has 0 saturated heterocycles. The topological polar surface area (TPSA) is 90.0 Å². The minimum atomic E-state index is -4.07. The quantitative estimate of drug-likeness (QED) is 0.325. The summed E-state index contributed by atoms with van der Waals surface area (Å²) < 4.78 is 29.4. The van der Waals surface area contributed by atoms with Crippen LogP contribution in [0.15, 0.2) is 72.8 Å². The fraction of sp³-hybridized carbons (Fsp3) is 0.375. The third kappa shape index (κ3) is 8.80. The summed E-state index contributed by atoms with van der Waals surface area (Å²) in [4.78, 5) is 29.7. The van der Waals surface area contributed by atoms with Crippen molar-refractivity contribution in [3.05, 3.63) is 100 Å². The number of halogens is 1. The zero-order chi connectivity index (χ0) is 31.2. The molecule has 226 valence electrons. The van der Waals surface area contributed by atoms with E-state index in [1.807, 2.05) is 70.2 Å². The summed E-state index contributed by atoms with van der Waals surface area (Å²) in [6, 6.07) is 21.0. The van der Waals surface area contributed by atoms with Crippen LogP contribution < -0.4 is 9.62 Å². The van der Waals surface area contributed by atoms with Gasteiger partial charge in [0.2, 0.25) is 11.8 Å². The van der Waals surface area contributed by atoms with Gasteiger partial charge in [0.1, 0.15) is 12.6 Å². The molecule has 3 aromatic rings. The molecule has 0 radical (unpaired) electrons. The van der Waals surface area contributed by atoms with Gasteiger partial charge in [-0.2, -0.15) is 12.7 Å². The van der Waals surface area contributed by atoms with Crippen LogP contribution in [0.25, 0.3) is 0 Å². The molecule has 0 aromatic heterocycles. The van der Waals surface area contributed by atoms with Gasteiger partial charge in [-0.15, -0.1) is 0 Å². The van der Waals surface area contributed by atoms with Gasteiger partial charge in [-0.1, -0.05) is 66.2 Å². The van der Waals surface area contributed by atoms with Gasteiger partial charge in [-0.25, -0.2) is 4.31 Å². The normalized spacial score (nSPS) is 12.6. The molecule has 0 aliphatic heterocycles. The van der Waals surface area contributed by atoms with E-state index in [-0.39, 0.29) is 18.9 Å². The van der Waals surface area contributed by atoms with E-state index in [0.717, 1.165) is 25.3 Å². The van der Waals surface area contributed by atoms with Crippen molar-refractivity contribution < 1.29 is 18.0 Å². The molecule has 2 amide bonds. The summed E-state index contributed by atoms with van der Waals surface area (Å²) in [7, 11) is -1.21. The molecule has 3 aromatic carbocycles. The fourth-order valence-electron chi connectivity index (χ4n) is 4.48. The summed E-state index contributed by atoms with van der Waals surface area (Å²) in [5.74, 6) is -0.844. The Labute approximate surface area is 255 Å². The number of aryl methyl sites for hydroxylation is 2. The predicted octanol–water partition coefficient (Wildman–Crippen LogP) is 5.12. The smallest absolute Gasteiger partial charge is 0.304 e. The van der Waals surface area contributed by atoms with Crippen LogP contribution in [0.2, 0.25) is 5.02 Å². The van der Waals surface area contributed by atoms with Crippen molar-refractivity contribution in [2.75, 3.05) is 24.9 Å². The number of hydrogen-bond acceptors (Lipinski definition) is 4. The average Bonchev–Trinajstić information content (AvgIpc) is 2.91. The molecule has 0 aliphatic rings. The minimum absolute atomic E-state index is 0.0771. The molecule has 0 unspecified atom stereocenters. The lowest BCUT2D eigenvalue weighted by Gasteiger charge is -2.36. The number of benzene rings is 3. The molecule has 8 nitrogen and oxygen atoms in total. The van der Waals surface area contributed by atoms with E-state index in [1.165, 1.54) is 19.0 Å². The van der Waals surface area contributed by atoms with Crippen molar-refractivity contribution in [3.8, 4) is 0 Å². The van der Waals surface area contributed by atoms with E-state index in [1.54, 1.807) is 37.3 Å². The molecule has 42 heavy (non-hydrogen) atoms. The Kier molecular flexibility index (Phi) is 10.8. The number of nitrogens with zero attached hydrogens (tertiary/aromatic N) is 3. The van der Waals surface area contributed by atoms with Crippen LogP contribution in [0.3, 0.4) is 0 Å². The van der Waals surface area contributed by atoms with Crippen LogP contribution in [-0.4, -0.2) is 61.7 Å². The van der Waals surface area contributed by atoms with Crippen LogP contribution in [0.4, 0.5) is 5.69 Å². The molecule has 0 heterocycles. The first-order chi connectivity index (χ1) is 19.6. The second-order valence-corrected chi connectivity index (χ2v) is 14.2. The summed E-state index contributed by atoms with van der Waals surface area (Å²) in [5.41, 5.74) is 3.03. The Balaban J connectivity index is 2.14. The minimum Gasteiger partial charge on any atom is -0.350 e. The maximum absolute atomic E-state index is 14.4. The second-order valence-electron chi connectivity index (χ2n) is 11.7. The fourth-order valence-corrected chi connectivity index (χ4v) is 5.72. The van der Waals surface area contributed by atoms with Gasteiger partial charge in [0.05, 0.1) is 5.69 Å². The molecule has 0 fully saturated rings. The monoisotopic (exact) mass is 612 g/mol. The number of carbonyl (C=O) groups is 2. The zero-order valence-electron chi connectivity index (χ0n) is 25.4. The molecule has 1 atom stereocenters. The Bertz CT molecular complexity index is 1490. The van der Waals surface area contributed by atoms with E-state index in [9.17, 15) is 18.0 Å². The molecule has 1 N–H and O–H groups in total. The first-order valence-corrected chi connectivity index (χ1v) is 15.5. The first kappa shape index (κ1) is 33.1. The van der Waals surface area contributed by atoms with Crippen molar-refractivity contribution in [2.24, 2.45) is 0 Å². The number of rotatable bonds is 11. The van der Waals surface area contributed by atoms with E-state index >= 15 is 0 Å². The summed E-state index contributed by atoms with van der Waals surface area (Å²) in [5, 5.41) is 3.57. The van der Waals surface area contributed by atoms with Crippen LogP contribution in [0.5, 0.6) is 0 Å². The maximum atomic E-state index is 14.4. The van der Waals surface area contributed by atoms with E-state index in [2.05, 4.69) is 5.32 Å².